The number of esters is 3. The van der Waals surface area contributed by atoms with Gasteiger partial charge < -0.3 is 14.2 Å². The van der Waals surface area contributed by atoms with E-state index in [1.165, 1.54) is 161 Å². The number of hydrogen-bond donors (Lipinski definition) is 0. The Morgan fingerprint density at radius 1 is 0.274 bits per heavy atom. The van der Waals surface area contributed by atoms with Crippen molar-refractivity contribution in [2.24, 2.45) is 0 Å². The number of allylic oxidation sites excluding steroid dienone is 14. The van der Waals surface area contributed by atoms with Gasteiger partial charge in [0.2, 0.25) is 0 Å². The van der Waals surface area contributed by atoms with E-state index < -0.39 is 6.10 Å². The summed E-state index contributed by atoms with van der Waals surface area (Å²) in [6.07, 6.45) is 80.0. The van der Waals surface area contributed by atoms with Gasteiger partial charge in [-0.1, -0.05) is 273 Å². The molecular weight excluding hydrogens is 901 g/mol. The molecule has 0 aromatic rings. The quantitative estimate of drug-likeness (QED) is 0.0261. The Balaban J connectivity index is 4.45. The van der Waals surface area contributed by atoms with Crippen LogP contribution in [0.2, 0.25) is 0 Å². The number of unbranched alkanes of at least 4 members (excludes halogenated alkanes) is 35. The molecule has 1 unspecified atom stereocenters. The Morgan fingerprint density at radius 2 is 0.493 bits per heavy atom. The minimum Gasteiger partial charge on any atom is -0.462 e. The molecule has 0 N–H and O–H groups in total. The predicted octanol–water partition coefficient (Wildman–Crippen LogP) is 21.1. The average Bonchev–Trinajstić information content (AvgIpc) is 3.39. The highest BCUT2D eigenvalue weighted by molar-refractivity contribution is 5.71. The minimum atomic E-state index is -0.797. The number of ether oxygens (including phenoxy) is 3. The van der Waals surface area contributed by atoms with Crippen LogP contribution < -0.4 is 0 Å². The first-order valence-electron chi connectivity index (χ1n) is 31.2. The fourth-order valence-corrected chi connectivity index (χ4v) is 8.72. The molecule has 6 nitrogen and oxygen atoms in total. The lowest BCUT2D eigenvalue weighted by Gasteiger charge is -2.18. The van der Waals surface area contributed by atoms with Crippen LogP contribution in [-0.2, 0) is 28.6 Å². The van der Waals surface area contributed by atoms with Crippen molar-refractivity contribution in [1.82, 2.24) is 0 Å². The van der Waals surface area contributed by atoms with Gasteiger partial charge in [-0.2, -0.15) is 0 Å². The topological polar surface area (TPSA) is 78.9 Å². The molecule has 0 aliphatic heterocycles. The van der Waals surface area contributed by atoms with Crippen LogP contribution in [0.25, 0.3) is 0 Å². The summed E-state index contributed by atoms with van der Waals surface area (Å²) in [5.74, 6) is -0.920. The van der Waals surface area contributed by atoms with Crippen LogP contribution in [0, 0.1) is 0 Å². The average molecular weight is 1020 g/mol. The van der Waals surface area contributed by atoms with Gasteiger partial charge in [0.1, 0.15) is 13.2 Å². The fraction of sp³-hybridized carbons (Fsp3) is 0.746. The summed E-state index contributed by atoms with van der Waals surface area (Å²) >= 11 is 0. The van der Waals surface area contributed by atoms with Gasteiger partial charge in [-0.25, -0.2) is 0 Å². The zero-order valence-corrected chi connectivity index (χ0v) is 48.1. The molecule has 0 saturated carbocycles. The van der Waals surface area contributed by atoms with Crippen LogP contribution in [0.5, 0.6) is 0 Å². The lowest BCUT2D eigenvalue weighted by Crippen LogP contribution is -2.30. The van der Waals surface area contributed by atoms with E-state index in [2.05, 4.69) is 106 Å². The van der Waals surface area contributed by atoms with Gasteiger partial charge in [-0.15, -0.1) is 0 Å². The molecule has 0 saturated heterocycles. The third-order valence-electron chi connectivity index (χ3n) is 13.5. The maximum Gasteiger partial charge on any atom is 0.306 e. The van der Waals surface area contributed by atoms with Gasteiger partial charge in [-0.3, -0.25) is 14.4 Å². The van der Waals surface area contributed by atoms with Crippen LogP contribution in [0.1, 0.15) is 303 Å². The van der Waals surface area contributed by atoms with Crippen molar-refractivity contribution >= 4 is 17.9 Å². The van der Waals surface area contributed by atoms with Crippen molar-refractivity contribution in [3.8, 4) is 0 Å². The largest absolute Gasteiger partial charge is 0.462 e. The first-order chi connectivity index (χ1) is 36.0. The number of carbonyl (C=O) groups is 3. The van der Waals surface area contributed by atoms with Crippen molar-refractivity contribution in [3.05, 3.63) is 85.1 Å². The monoisotopic (exact) mass is 1020 g/mol. The molecule has 0 spiro atoms. The molecule has 0 heterocycles. The third-order valence-corrected chi connectivity index (χ3v) is 13.5. The maximum atomic E-state index is 12.9. The minimum absolute atomic E-state index is 0.0914. The zero-order valence-electron chi connectivity index (χ0n) is 48.1. The maximum absolute atomic E-state index is 12.9. The van der Waals surface area contributed by atoms with Crippen molar-refractivity contribution < 1.29 is 28.6 Å². The lowest BCUT2D eigenvalue weighted by atomic mass is 10.1. The van der Waals surface area contributed by atoms with Crippen molar-refractivity contribution in [3.63, 3.8) is 0 Å². The summed E-state index contributed by atoms with van der Waals surface area (Å²) in [6, 6.07) is 0. The summed E-state index contributed by atoms with van der Waals surface area (Å²) in [7, 11) is 0. The molecule has 0 radical (unpaired) electrons. The van der Waals surface area contributed by atoms with Gasteiger partial charge in [0.25, 0.3) is 0 Å². The van der Waals surface area contributed by atoms with Crippen LogP contribution in [0.3, 0.4) is 0 Å². The Morgan fingerprint density at radius 3 is 0.795 bits per heavy atom. The second-order valence-electron chi connectivity index (χ2n) is 20.7. The molecule has 0 aliphatic rings. The summed E-state index contributed by atoms with van der Waals surface area (Å²) < 4.78 is 16.9. The molecule has 0 fully saturated rings. The van der Waals surface area contributed by atoms with Gasteiger partial charge >= 0.3 is 17.9 Å². The summed E-state index contributed by atoms with van der Waals surface area (Å²) in [5.41, 5.74) is 0. The summed E-state index contributed by atoms with van der Waals surface area (Å²) in [6.45, 7) is 6.58. The summed E-state index contributed by atoms with van der Waals surface area (Å²) in [5, 5.41) is 0. The van der Waals surface area contributed by atoms with Gasteiger partial charge in [0, 0.05) is 19.3 Å². The number of hydrogen-bond acceptors (Lipinski definition) is 6. The highest BCUT2D eigenvalue weighted by Crippen LogP contribution is 2.15. The lowest BCUT2D eigenvalue weighted by molar-refractivity contribution is -0.167. The van der Waals surface area contributed by atoms with Crippen LogP contribution in [0.15, 0.2) is 85.1 Å². The molecule has 0 rings (SSSR count). The Hall–Kier alpha value is -3.41. The zero-order chi connectivity index (χ0) is 52.9. The van der Waals surface area contributed by atoms with Gasteiger partial charge in [0.15, 0.2) is 6.10 Å². The molecule has 0 amide bonds. The first kappa shape index (κ1) is 69.6. The van der Waals surface area contributed by atoms with E-state index in [0.717, 1.165) is 103 Å². The van der Waals surface area contributed by atoms with Crippen LogP contribution in [-0.4, -0.2) is 37.2 Å². The molecule has 0 aliphatic carbocycles. The standard InChI is InChI=1S/C67H116O6/c1-4-7-10-13-16-19-22-25-28-31-34-37-39-42-45-48-51-54-57-60-66(69)72-63-64(73-67(70)61-58-55-52-49-46-43-40-36-33-30-27-24-21-18-15-12-9-6-3)62-71-65(68)59-56-53-50-47-44-41-38-35-32-29-26-23-20-17-14-11-8-5-2/h16,19,22,24-25,27,29-30,32-33,35-36,38,40,64H,4-15,17-18,20-21,23,26,28,31,34,37,39,41-63H2,1-3H3/b19-16-,25-22-,27-24-,32-29-,33-30-,38-35-,40-36-. The van der Waals surface area contributed by atoms with E-state index in [-0.39, 0.29) is 31.1 Å². The third kappa shape index (κ3) is 59.3. The molecule has 1 atom stereocenters. The first-order valence-corrected chi connectivity index (χ1v) is 31.2. The number of rotatable bonds is 56. The summed E-state index contributed by atoms with van der Waals surface area (Å²) in [4.78, 5) is 38.3. The van der Waals surface area contributed by atoms with E-state index in [1.54, 1.807) is 0 Å². The van der Waals surface area contributed by atoms with Crippen molar-refractivity contribution in [1.29, 1.82) is 0 Å². The molecule has 0 bridgehead atoms. The van der Waals surface area contributed by atoms with E-state index in [4.69, 9.17) is 14.2 Å². The second-order valence-corrected chi connectivity index (χ2v) is 20.7. The van der Waals surface area contributed by atoms with Crippen molar-refractivity contribution in [2.45, 2.75) is 309 Å². The number of carbonyl (C=O) groups excluding carboxylic acids is 3. The predicted molar refractivity (Wildman–Crippen MR) is 316 cm³/mol. The van der Waals surface area contributed by atoms with E-state index in [0.29, 0.717) is 19.3 Å². The highest BCUT2D eigenvalue weighted by Gasteiger charge is 2.19. The van der Waals surface area contributed by atoms with Crippen LogP contribution in [0.4, 0.5) is 0 Å². The van der Waals surface area contributed by atoms with Crippen molar-refractivity contribution in [2.75, 3.05) is 13.2 Å². The Bertz CT molecular complexity index is 1400. The fourth-order valence-electron chi connectivity index (χ4n) is 8.72. The molecule has 0 aromatic carbocycles. The second kappa shape index (κ2) is 61.1. The van der Waals surface area contributed by atoms with Gasteiger partial charge in [-0.05, 0) is 96.3 Å². The smallest absolute Gasteiger partial charge is 0.306 e. The van der Waals surface area contributed by atoms with Crippen LogP contribution >= 0.6 is 0 Å². The Kier molecular flexibility index (Phi) is 58.3. The molecule has 420 valence electrons. The normalized spacial score (nSPS) is 12.6. The SMILES string of the molecule is CCCCC/C=C\C=C/CCCCCCCCCCCCC(=O)OCC(COC(=O)CCCCCCC/C=C\C=C/CCCCCCCCC)OC(=O)CCCCCCC\C=C/C=C\C=C/CCCCCCC. The Labute approximate surface area is 452 Å². The molecule has 6 heteroatoms. The van der Waals surface area contributed by atoms with E-state index in [9.17, 15) is 14.4 Å². The highest BCUT2D eigenvalue weighted by atomic mass is 16.6. The molecule has 73 heavy (non-hydrogen) atoms. The van der Waals surface area contributed by atoms with Gasteiger partial charge in [0.05, 0.1) is 0 Å². The molecular formula is C67H116O6. The van der Waals surface area contributed by atoms with E-state index >= 15 is 0 Å². The molecule has 0 aromatic heterocycles. The van der Waals surface area contributed by atoms with E-state index in [1.807, 2.05) is 0 Å².